The molecule has 222 valence electrons. The number of rotatable bonds is 16. The lowest BCUT2D eigenvalue weighted by Gasteiger charge is -2.28. The third-order valence-electron chi connectivity index (χ3n) is 6.54. The number of hydrogen-bond acceptors (Lipinski definition) is 6. The minimum Gasteiger partial charge on any atom is -0.492 e. The number of benzene rings is 2. The van der Waals surface area contributed by atoms with Crippen LogP contribution in [0.1, 0.15) is 50.3 Å². The van der Waals surface area contributed by atoms with E-state index < -0.39 is 6.04 Å². The topological polar surface area (TPSA) is 114 Å². The van der Waals surface area contributed by atoms with E-state index in [-0.39, 0.29) is 36.6 Å². The molecule has 0 aliphatic heterocycles. The molecule has 4 N–H and O–H groups in total. The fraction of sp³-hybridized carbons (Fsp3) is 0.516. The van der Waals surface area contributed by atoms with Crippen molar-refractivity contribution in [3.05, 3.63) is 65.0 Å². The Morgan fingerprint density at radius 2 is 1.85 bits per heavy atom. The number of ether oxygens (including phenoxy) is 1. The SMILES string of the molecule is CCc1ccc(CCCN)c(OCCNC(C(=O)N(C)CC(=O)NCC=O)C(C)CC)c1.Cc1ccc(F)cc1. The zero-order valence-corrected chi connectivity index (χ0v) is 24.7. The Kier molecular flexibility index (Phi) is 17.1. The number of halogens is 1. The number of nitrogens with one attached hydrogen (secondary N) is 2. The van der Waals surface area contributed by atoms with Crippen LogP contribution in [0.2, 0.25) is 0 Å². The molecule has 9 heteroatoms. The number of aryl methyl sites for hydroxylation is 3. The van der Waals surface area contributed by atoms with Crippen molar-refractivity contribution in [2.75, 3.05) is 39.8 Å². The highest BCUT2D eigenvalue weighted by atomic mass is 19.1. The molecule has 8 nitrogen and oxygen atoms in total. The van der Waals surface area contributed by atoms with Gasteiger partial charge in [-0.2, -0.15) is 0 Å². The molecule has 2 atom stereocenters. The Morgan fingerprint density at radius 1 is 1.15 bits per heavy atom. The summed E-state index contributed by atoms with van der Waals surface area (Å²) in [6.45, 7) is 9.48. The van der Waals surface area contributed by atoms with E-state index in [0.29, 0.717) is 26.0 Å². The third-order valence-corrected chi connectivity index (χ3v) is 6.54. The predicted molar refractivity (Wildman–Crippen MR) is 158 cm³/mol. The Bertz CT molecular complexity index is 1010. The van der Waals surface area contributed by atoms with Gasteiger partial charge in [-0.1, -0.05) is 57.0 Å². The summed E-state index contributed by atoms with van der Waals surface area (Å²) in [4.78, 5) is 36.6. The quantitative estimate of drug-likeness (QED) is 0.215. The molecule has 2 aromatic rings. The van der Waals surface area contributed by atoms with E-state index in [9.17, 15) is 18.8 Å². The van der Waals surface area contributed by atoms with E-state index >= 15 is 0 Å². The van der Waals surface area contributed by atoms with E-state index in [2.05, 4.69) is 35.8 Å². The first-order valence-electron chi connectivity index (χ1n) is 14.0. The fourth-order valence-electron chi connectivity index (χ4n) is 3.87. The van der Waals surface area contributed by atoms with Crippen molar-refractivity contribution in [1.82, 2.24) is 15.5 Å². The highest BCUT2D eigenvalue weighted by Crippen LogP contribution is 2.22. The Balaban J connectivity index is 0.000000850. The summed E-state index contributed by atoms with van der Waals surface area (Å²) in [7, 11) is 1.59. The van der Waals surface area contributed by atoms with Crippen molar-refractivity contribution >= 4 is 18.1 Å². The van der Waals surface area contributed by atoms with Gasteiger partial charge in [0.1, 0.15) is 24.5 Å². The van der Waals surface area contributed by atoms with E-state index in [1.165, 1.54) is 22.6 Å². The number of aldehydes is 1. The van der Waals surface area contributed by atoms with Crippen LogP contribution in [0.4, 0.5) is 4.39 Å². The van der Waals surface area contributed by atoms with Crippen molar-refractivity contribution in [1.29, 1.82) is 0 Å². The maximum atomic E-state index is 12.9. The lowest BCUT2D eigenvalue weighted by Crippen LogP contribution is -2.51. The normalized spacial score (nSPS) is 12.0. The summed E-state index contributed by atoms with van der Waals surface area (Å²) in [6.07, 6.45) is 4.13. The summed E-state index contributed by atoms with van der Waals surface area (Å²) in [5.74, 6) is 0.273. The average molecular weight is 559 g/mol. The molecule has 0 heterocycles. The number of carbonyl (C=O) groups is 3. The van der Waals surface area contributed by atoms with Gasteiger partial charge in [0.05, 0.1) is 19.1 Å². The Morgan fingerprint density at radius 3 is 2.42 bits per heavy atom. The lowest BCUT2D eigenvalue weighted by molar-refractivity contribution is -0.137. The third kappa shape index (κ3) is 13.2. The van der Waals surface area contributed by atoms with Gasteiger partial charge in [0.2, 0.25) is 11.8 Å². The molecule has 0 saturated heterocycles. The second-order valence-corrected chi connectivity index (χ2v) is 9.81. The molecule has 0 spiro atoms. The molecule has 2 rings (SSSR count). The molecule has 2 unspecified atom stereocenters. The van der Waals surface area contributed by atoms with Crippen molar-refractivity contribution in [3.63, 3.8) is 0 Å². The average Bonchev–Trinajstić information content (AvgIpc) is 2.96. The molecule has 2 aromatic carbocycles. The first-order chi connectivity index (χ1) is 19.2. The summed E-state index contributed by atoms with van der Waals surface area (Å²) in [6, 6.07) is 12.3. The van der Waals surface area contributed by atoms with E-state index in [0.717, 1.165) is 42.6 Å². The van der Waals surface area contributed by atoms with Crippen LogP contribution in [0.3, 0.4) is 0 Å². The van der Waals surface area contributed by atoms with Gasteiger partial charge in [-0.05, 0) is 68.0 Å². The number of carbonyl (C=O) groups excluding carboxylic acids is 3. The van der Waals surface area contributed by atoms with Gasteiger partial charge in [-0.15, -0.1) is 0 Å². The number of hydrogen-bond donors (Lipinski definition) is 3. The van der Waals surface area contributed by atoms with Gasteiger partial charge in [-0.25, -0.2) is 4.39 Å². The summed E-state index contributed by atoms with van der Waals surface area (Å²) in [5.41, 5.74) is 9.10. The van der Waals surface area contributed by atoms with Crippen LogP contribution in [0.15, 0.2) is 42.5 Å². The van der Waals surface area contributed by atoms with Crippen LogP contribution in [0, 0.1) is 18.7 Å². The minimum atomic E-state index is -0.425. The van der Waals surface area contributed by atoms with Gasteiger partial charge >= 0.3 is 0 Å². The summed E-state index contributed by atoms with van der Waals surface area (Å²) >= 11 is 0. The number of amides is 2. The van der Waals surface area contributed by atoms with Gasteiger partial charge in [0.15, 0.2) is 0 Å². The van der Waals surface area contributed by atoms with E-state index in [1.54, 1.807) is 19.2 Å². The van der Waals surface area contributed by atoms with Crippen LogP contribution in [0.25, 0.3) is 0 Å². The molecular formula is C31H47FN4O4. The minimum absolute atomic E-state index is 0.0578. The standard InChI is InChI=1S/C24H40N4O4.C7H7F/c1-5-18(3)23(24(31)28(4)17-22(30)26-12-14-29)27-13-15-32-21-16-19(6-2)9-10-20(21)8-7-11-25;1-6-2-4-7(8)5-3-6/h9-10,14,16,18,23,27H,5-8,11-13,15,17,25H2,1-4H3,(H,26,30);2-5H,1H3. The Hall–Kier alpha value is -3.30. The zero-order valence-electron chi connectivity index (χ0n) is 24.7. The van der Waals surface area contributed by atoms with Gasteiger partial charge in [0, 0.05) is 13.6 Å². The maximum absolute atomic E-state index is 12.9. The molecule has 0 aliphatic rings. The smallest absolute Gasteiger partial charge is 0.240 e. The molecule has 0 radical (unpaired) electrons. The Labute approximate surface area is 238 Å². The zero-order chi connectivity index (χ0) is 29.9. The second-order valence-electron chi connectivity index (χ2n) is 9.81. The van der Waals surface area contributed by atoms with Crippen LogP contribution < -0.4 is 21.1 Å². The van der Waals surface area contributed by atoms with Gasteiger partial charge in [-0.3, -0.25) is 9.59 Å². The molecule has 0 fully saturated rings. The van der Waals surface area contributed by atoms with Gasteiger partial charge < -0.3 is 30.8 Å². The number of nitrogens with two attached hydrogens (primary N) is 1. The van der Waals surface area contributed by atoms with Crippen LogP contribution in [-0.4, -0.2) is 68.9 Å². The van der Waals surface area contributed by atoms with Crippen LogP contribution in [-0.2, 0) is 27.2 Å². The molecule has 0 saturated carbocycles. The maximum Gasteiger partial charge on any atom is 0.240 e. The fourth-order valence-corrected chi connectivity index (χ4v) is 3.87. The second kappa shape index (κ2) is 19.7. The first-order valence-corrected chi connectivity index (χ1v) is 14.0. The monoisotopic (exact) mass is 558 g/mol. The largest absolute Gasteiger partial charge is 0.492 e. The predicted octanol–water partition coefficient (Wildman–Crippen LogP) is 3.43. The molecule has 0 bridgehead atoms. The van der Waals surface area contributed by atoms with Crippen LogP contribution >= 0.6 is 0 Å². The molecular weight excluding hydrogens is 511 g/mol. The lowest BCUT2D eigenvalue weighted by atomic mass is 9.98. The molecule has 2 amide bonds. The van der Waals surface area contributed by atoms with Crippen molar-refractivity contribution in [3.8, 4) is 5.75 Å². The van der Waals surface area contributed by atoms with Crippen molar-refractivity contribution in [2.24, 2.45) is 11.7 Å². The first kappa shape index (κ1) is 34.7. The highest BCUT2D eigenvalue weighted by molar-refractivity contribution is 5.88. The van der Waals surface area contributed by atoms with E-state index in [4.69, 9.17) is 10.5 Å². The molecule has 40 heavy (non-hydrogen) atoms. The molecule has 0 aromatic heterocycles. The summed E-state index contributed by atoms with van der Waals surface area (Å²) < 4.78 is 18.2. The number of likely N-dealkylation sites (N-methyl/N-ethyl adjacent to an activating group) is 1. The number of nitrogens with zero attached hydrogens (tertiary/aromatic N) is 1. The summed E-state index contributed by atoms with van der Waals surface area (Å²) in [5, 5.41) is 5.76. The van der Waals surface area contributed by atoms with Crippen LogP contribution in [0.5, 0.6) is 5.75 Å². The van der Waals surface area contributed by atoms with E-state index in [1.807, 2.05) is 20.8 Å². The molecule has 0 aliphatic carbocycles. The van der Waals surface area contributed by atoms with Gasteiger partial charge in [0.25, 0.3) is 0 Å². The van der Waals surface area contributed by atoms with Crippen molar-refractivity contribution in [2.45, 2.75) is 59.4 Å². The van der Waals surface area contributed by atoms with Crippen molar-refractivity contribution < 1.29 is 23.5 Å². The highest BCUT2D eigenvalue weighted by Gasteiger charge is 2.27.